The van der Waals surface area contributed by atoms with Gasteiger partial charge in [0.15, 0.2) is 6.61 Å². The zero-order valence-corrected chi connectivity index (χ0v) is 19.6. The number of rotatable bonds is 8. The lowest BCUT2D eigenvalue weighted by molar-refractivity contribution is -0.119. The summed E-state index contributed by atoms with van der Waals surface area (Å²) in [5.74, 6) is 0.350. The van der Waals surface area contributed by atoms with E-state index < -0.39 is 22.5 Å². The molecule has 168 valence electrons. The molecule has 0 saturated carbocycles. The molecule has 0 atom stereocenters. The third kappa shape index (κ3) is 5.41. The number of carbonyl (C=O) groups excluding carboxylic acids is 1. The van der Waals surface area contributed by atoms with E-state index in [4.69, 9.17) is 21.1 Å². The molecule has 0 heterocycles. The van der Waals surface area contributed by atoms with Gasteiger partial charge in [-0.25, -0.2) is 8.42 Å². The maximum absolute atomic E-state index is 13.4. The van der Waals surface area contributed by atoms with Crippen LogP contribution < -0.4 is 13.8 Å². The first kappa shape index (κ1) is 23.6. The Morgan fingerprint density at radius 3 is 2.19 bits per heavy atom. The van der Waals surface area contributed by atoms with Crippen molar-refractivity contribution in [3.63, 3.8) is 0 Å². The quantitative estimate of drug-likeness (QED) is 0.452. The molecule has 3 aromatic carbocycles. The Morgan fingerprint density at radius 2 is 1.59 bits per heavy atom. The summed E-state index contributed by atoms with van der Waals surface area (Å²) in [7, 11) is -4.21. The highest BCUT2D eigenvalue weighted by molar-refractivity contribution is 7.93. The largest absolute Gasteiger partial charge is 0.494 e. The summed E-state index contributed by atoms with van der Waals surface area (Å²) in [4.78, 5) is 13.1. The van der Waals surface area contributed by atoms with Gasteiger partial charge < -0.3 is 9.47 Å². The van der Waals surface area contributed by atoms with Crippen molar-refractivity contribution >= 4 is 33.2 Å². The molecule has 0 unspecified atom stereocenters. The predicted molar refractivity (Wildman–Crippen MR) is 125 cm³/mol. The van der Waals surface area contributed by atoms with Crippen molar-refractivity contribution in [1.29, 1.82) is 0 Å². The van der Waals surface area contributed by atoms with Crippen molar-refractivity contribution in [2.45, 2.75) is 25.7 Å². The van der Waals surface area contributed by atoms with Gasteiger partial charge in [0.2, 0.25) is 0 Å². The van der Waals surface area contributed by atoms with Crippen LogP contribution in [0.5, 0.6) is 11.5 Å². The zero-order chi connectivity index (χ0) is 23.3. The normalized spacial score (nSPS) is 11.1. The molecule has 32 heavy (non-hydrogen) atoms. The first-order valence-corrected chi connectivity index (χ1v) is 11.8. The Morgan fingerprint density at radius 1 is 0.938 bits per heavy atom. The molecular formula is C24H24ClNO5S. The van der Waals surface area contributed by atoms with Crippen LogP contribution in [0, 0.1) is 13.8 Å². The van der Waals surface area contributed by atoms with Crippen molar-refractivity contribution in [3.8, 4) is 11.5 Å². The van der Waals surface area contributed by atoms with E-state index in [1.54, 1.807) is 18.2 Å². The second-order valence-corrected chi connectivity index (χ2v) is 9.32. The lowest BCUT2D eigenvalue weighted by Gasteiger charge is -2.23. The van der Waals surface area contributed by atoms with Gasteiger partial charge in [-0.15, -0.1) is 0 Å². The monoisotopic (exact) mass is 473 g/mol. The average Bonchev–Trinajstić information content (AvgIpc) is 2.75. The summed E-state index contributed by atoms with van der Waals surface area (Å²) in [6.45, 7) is 5.67. The Bertz CT molecular complexity index is 1190. The summed E-state index contributed by atoms with van der Waals surface area (Å²) >= 11 is 5.90. The summed E-state index contributed by atoms with van der Waals surface area (Å²) in [6, 6.07) is 17.4. The minimum atomic E-state index is -4.21. The van der Waals surface area contributed by atoms with Gasteiger partial charge in [0.25, 0.3) is 15.9 Å². The van der Waals surface area contributed by atoms with E-state index in [-0.39, 0.29) is 10.6 Å². The topological polar surface area (TPSA) is 72.9 Å². The van der Waals surface area contributed by atoms with Crippen LogP contribution in [-0.2, 0) is 14.8 Å². The number of ether oxygens (including phenoxy) is 2. The number of anilines is 1. The molecule has 0 aromatic heterocycles. The Balaban J connectivity index is 1.95. The SMILES string of the molecule is CCOc1ccc(N(C(=O)COc2ccc(C)cc2C)S(=O)(=O)c2ccc(Cl)cc2)cc1. The van der Waals surface area contributed by atoms with Gasteiger partial charge in [-0.3, -0.25) is 4.79 Å². The van der Waals surface area contributed by atoms with Gasteiger partial charge >= 0.3 is 0 Å². The Labute approximate surface area is 193 Å². The van der Waals surface area contributed by atoms with Gasteiger partial charge in [0, 0.05) is 5.02 Å². The molecule has 0 radical (unpaired) electrons. The Hall–Kier alpha value is -3.03. The second kappa shape index (κ2) is 10.1. The van der Waals surface area contributed by atoms with Crippen molar-refractivity contribution < 1.29 is 22.7 Å². The predicted octanol–water partition coefficient (Wildman–Crippen LogP) is 5.16. The average molecular weight is 474 g/mol. The van der Waals surface area contributed by atoms with Crippen molar-refractivity contribution in [2.24, 2.45) is 0 Å². The molecule has 3 rings (SSSR count). The van der Waals surface area contributed by atoms with Crippen LogP contribution in [0.2, 0.25) is 5.02 Å². The first-order chi connectivity index (χ1) is 15.2. The Kier molecular flexibility index (Phi) is 7.43. The number of sulfonamides is 1. The van der Waals surface area contributed by atoms with Gasteiger partial charge in [-0.2, -0.15) is 4.31 Å². The highest BCUT2D eigenvalue weighted by Crippen LogP contribution is 2.27. The molecule has 3 aromatic rings. The molecule has 0 aliphatic rings. The maximum atomic E-state index is 13.4. The number of aryl methyl sites for hydroxylation is 2. The number of carbonyl (C=O) groups is 1. The third-order valence-electron chi connectivity index (χ3n) is 4.64. The summed E-state index contributed by atoms with van der Waals surface area (Å²) in [5, 5.41) is 0.390. The van der Waals surface area contributed by atoms with Crippen LogP contribution in [0.15, 0.2) is 71.6 Å². The molecule has 1 amide bonds. The fourth-order valence-electron chi connectivity index (χ4n) is 3.13. The molecular weight excluding hydrogens is 450 g/mol. The number of hydrogen-bond acceptors (Lipinski definition) is 5. The lowest BCUT2D eigenvalue weighted by Crippen LogP contribution is -2.40. The first-order valence-electron chi connectivity index (χ1n) is 9.99. The third-order valence-corrected chi connectivity index (χ3v) is 6.66. The standard InChI is InChI=1S/C24H24ClNO5S/c1-4-30-21-10-8-20(9-11-21)26(32(28,29)22-12-6-19(25)7-13-22)24(27)16-31-23-14-5-17(2)15-18(23)3/h5-15H,4,16H2,1-3H3. The number of halogens is 1. The van der Waals surface area contributed by atoms with E-state index in [1.807, 2.05) is 32.9 Å². The van der Waals surface area contributed by atoms with E-state index in [2.05, 4.69) is 0 Å². The van der Waals surface area contributed by atoms with Crippen LogP contribution in [-0.4, -0.2) is 27.5 Å². The van der Waals surface area contributed by atoms with E-state index in [0.29, 0.717) is 23.1 Å². The van der Waals surface area contributed by atoms with E-state index in [0.717, 1.165) is 15.4 Å². The van der Waals surface area contributed by atoms with Gasteiger partial charge in [0.05, 0.1) is 17.2 Å². The van der Waals surface area contributed by atoms with E-state index >= 15 is 0 Å². The molecule has 0 fully saturated rings. The van der Waals surface area contributed by atoms with Gasteiger partial charge in [-0.05, 0) is 80.9 Å². The number of hydrogen-bond donors (Lipinski definition) is 0. The molecule has 0 aliphatic heterocycles. The fourth-order valence-corrected chi connectivity index (χ4v) is 4.67. The van der Waals surface area contributed by atoms with Gasteiger partial charge in [0.1, 0.15) is 11.5 Å². The minimum Gasteiger partial charge on any atom is -0.494 e. The molecule has 0 N–H and O–H groups in total. The highest BCUT2D eigenvalue weighted by Gasteiger charge is 2.31. The summed E-state index contributed by atoms with van der Waals surface area (Å²) in [5.41, 5.74) is 2.09. The van der Waals surface area contributed by atoms with Crippen LogP contribution >= 0.6 is 11.6 Å². The van der Waals surface area contributed by atoms with Gasteiger partial charge in [-0.1, -0.05) is 29.3 Å². The molecule has 6 nitrogen and oxygen atoms in total. The molecule has 0 bridgehead atoms. The molecule has 0 saturated heterocycles. The van der Waals surface area contributed by atoms with Crippen LogP contribution in [0.25, 0.3) is 0 Å². The van der Waals surface area contributed by atoms with E-state index in [9.17, 15) is 13.2 Å². The summed E-state index contributed by atoms with van der Waals surface area (Å²) in [6.07, 6.45) is 0. The smallest absolute Gasteiger partial charge is 0.278 e. The number of nitrogens with zero attached hydrogens (tertiary/aromatic N) is 1. The van der Waals surface area contributed by atoms with Crippen molar-refractivity contribution in [1.82, 2.24) is 0 Å². The lowest BCUT2D eigenvalue weighted by atomic mass is 10.1. The van der Waals surface area contributed by atoms with Crippen LogP contribution in [0.1, 0.15) is 18.1 Å². The number of benzene rings is 3. The number of amides is 1. The van der Waals surface area contributed by atoms with E-state index in [1.165, 1.54) is 36.4 Å². The summed E-state index contributed by atoms with van der Waals surface area (Å²) < 4.78 is 38.6. The maximum Gasteiger partial charge on any atom is 0.278 e. The zero-order valence-electron chi connectivity index (χ0n) is 18.0. The fraction of sp³-hybridized carbons (Fsp3) is 0.208. The molecule has 8 heteroatoms. The van der Waals surface area contributed by atoms with Crippen LogP contribution in [0.3, 0.4) is 0 Å². The molecule has 0 spiro atoms. The van der Waals surface area contributed by atoms with Crippen LogP contribution in [0.4, 0.5) is 5.69 Å². The highest BCUT2D eigenvalue weighted by atomic mass is 35.5. The minimum absolute atomic E-state index is 0.0596. The van der Waals surface area contributed by atoms with Crippen molar-refractivity contribution in [2.75, 3.05) is 17.5 Å². The molecule has 0 aliphatic carbocycles. The second-order valence-electron chi connectivity index (χ2n) is 7.10. The van der Waals surface area contributed by atoms with Crippen molar-refractivity contribution in [3.05, 3.63) is 82.9 Å².